The Morgan fingerprint density at radius 3 is 3.00 bits per heavy atom. The second-order valence-electron chi connectivity index (χ2n) is 7.34. The molecule has 0 radical (unpaired) electrons. The monoisotopic (exact) mass is 397 g/mol. The van der Waals surface area contributed by atoms with E-state index in [1.165, 1.54) is 12.3 Å². The molecule has 2 aromatic heterocycles. The first-order valence-corrected chi connectivity index (χ1v) is 9.53. The van der Waals surface area contributed by atoms with E-state index in [0.29, 0.717) is 23.9 Å². The van der Waals surface area contributed by atoms with Gasteiger partial charge in [0.05, 0.1) is 12.4 Å². The first-order valence-electron chi connectivity index (χ1n) is 9.53. The molecule has 150 valence electrons. The van der Waals surface area contributed by atoms with E-state index in [9.17, 15) is 9.18 Å². The van der Waals surface area contributed by atoms with Crippen molar-refractivity contribution in [3.63, 3.8) is 0 Å². The maximum absolute atomic E-state index is 14.4. The number of halogens is 1. The Kier molecular flexibility index (Phi) is 4.22. The molecule has 0 aliphatic carbocycles. The Morgan fingerprint density at radius 2 is 2.21 bits per heavy atom. The first kappa shape index (κ1) is 17.7. The van der Waals surface area contributed by atoms with Crippen molar-refractivity contribution in [2.24, 2.45) is 7.05 Å². The molecule has 0 spiro atoms. The van der Waals surface area contributed by atoms with Gasteiger partial charge in [-0.05, 0) is 30.5 Å². The van der Waals surface area contributed by atoms with Crippen LogP contribution in [0.4, 0.5) is 10.2 Å². The summed E-state index contributed by atoms with van der Waals surface area (Å²) in [6, 6.07) is 6.78. The number of nitrogens with zero attached hydrogens (tertiary/aromatic N) is 5. The molecule has 1 aromatic carbocycles. The highest BCUT2D eigenvalue weighted by molar-refractivity contribution is 5.48. The van der Waals surface area contributed by atoms with Crippen molar-refractivity contribution in [1.82, 2.24) is 19.3 Å². The summed E-state index contributed by atoms with van der Waals surface area (Å²) in [5.41, 5.74) is 0.306. The molecule has 2 aliphatic rings. The van der Waals surface area contributed by atoms with Gasteiger partial charge in [0.1, 0.15) is 12.4 Å². The second kappa shape index (κ2) is 6.91. The molecule has 8 nitrogen and oxygen atoms in total. The molecule has 1 unspecified atom stereocenters. The predicted molar refractivity (Wildman–Crippen MR) is 103 cm³/mol. The standard InChI is InChI=1S/C20H20FN5O3/c1-24-11-15(9-22-24)29-17-5-4-13(7-16(17)21)12-28-18-8-19-25-6-2-3-14(25)10-26(19)20(27)23-18/h4-5,7-9,11,14H,2-3,6,10,12H2,1H3. The van der Waals surface area contributed by atoms with Crippen molar-refractivity contribution < 1.29 is 13.9 Å². The molecule has 1 saturated heterocycles. The fourth-order valence-corrected chi connectivity index (χ4v) is 3.95. The molecule has 1 atom stereocenters. The lowest BCUT2D eigenvalue weighted by Gasteiger charge is -2.17. The molecular formula is C20H20FN5O3. The number of anilines is 1. The molecule has 0 bridgehead atoms. The zero-order valence-electron chi connectivity index (χ0n) is 15.9. The number of benzene rings is 1. The minimum atomic E-state index is -0.503. The van der Waals surface area contributed by atoms with Crippen LogP contribution in [0.15, 0.2) is 41.5 Å². The molecule has 0 saturated carbocycles. The van der Waals surface area contributed by atoms with Gasteiger partial charge in [-0.1, -0.05) is 6.07 Å². The molecule has 29 heavy (non-hydrogen) atoms. The second-order valence-corrected chi connectivity index (χ2v) is 7.34. The van der Waals surface area contributed by atoms with Gasteiger partial charge in [-0.2, -0.15) is 10.1 Å². The lowest BCUT2D eigenvalue weighted by molar-refractivity contribution is 0.290. The van der Waals surface area contributed by atoms with Crippen LogP contribution in [0.3, 0.4) is 0 Å². The highest BCUT2D eigenvalue weighted by Gasteiger charge is 2.34. The highest BCUT2D eigenvalue weighted by atomic mass is 19.1. The van der Waals surface area contributed by atoms with Gasteiger partial charge in [-0.3, -0.25) is 9.25 Å². The number of rotatable bonds is 5. The Bertz CT molecular complexity index is 1130. The van der Waals surface area contributed by atoms with Crippen LogP contribution in [-0.4, -0.2) is 31.9 Å². The molecule has 0 N–H and O–H groups in total. The van der Waals surface area contributed by atoms with Gasteiger partial charge < -0.3 is 14.4 Å². The minimum Gasteiger partial charge on any atom is -0.473 e. The quantitative estimate of drug-likeness (QED) is 0.659. The summed E-state index contributed by atoms with van der Waals surface area (Å²) in [6.45, 7) is 1.73. The first-order chi connectivity index (χ1) is 14.1. The SMILES string of the molecule is Cn1cc(Oc2ccc(COc3cc4n(c(=O)n3)CC3CCCN43)cc2F)cn1. The molecule has 2 aliphatic heterocycles. The number of aryl methyl sites for hydroxylation is 1. The molecule has 5 rings (SSSR count). The van der Waals surface area contributed by atoms with E-state index in [-0.39, 0.29) is 23.9 Å². The third kappa shape index (κ3) is 3.32. The Labute approximate surface area is 166 Å². The van der Waals surface area contributed by atoms with Crippen molar-refractivity contribution in [3.8, 4) is 17.4 Å². The summed E-state index contributed by atoms with van der Waals surface area (Å²) in [6.07, 6.45) is 5.38. The summed E-state index contributed by atoms with van der Waals surface area (Å²) >= 11 is 0. The fourth-order valence-electron chi connectivity index (χ4n) is 3.95. The summed E-state index contributed by atoms with van der Waals surface area (Å²) in [5.74, 6) is 1.17. The third-order valence-electron chi connectivity index (χ3n) is 5.32. The smallest absolute Gasteiger partial charge is 0.352 e. The van der Waals surface area contributed by atoms with E-state index < -0.39 is 5.82 Å². The van der Waals surface area contributed by atoms with Crippen LogP contribution in [-0.2, 0) is 20.2 Å². The van der Waals surface area contributed by atoms with Crippen LogP contribution < -0.4 is 20.1 Å². The molecule has 0 amide bonds. The van der Waals surface area contributed by atoms with Crippen LogP contribution in [0.25, 0.3) is 0 Å². The molecule has 9 heteroatoms. The Balaban J connectivity index is 1.29. The van der Waals surface area contributed by atoms with E-state index in [4.69, 9.17) is 9.47 Å². The number of fused-ring (bicyclic) bond motifs is 3. The van der Waals surface area contributed by atoms with Crippen molar-refractivity contribution in [1.29, 1.82) is 0 Å². The van der Waals surface area contributed by atoms with Gasteiger partial charge >= 0.3 is 5.69 Å². The normalized spacial score (nSPS) is 17.3. The Morgan fingerprint density at radius 1 is 1.31 bits per heavy atom. The summed E-state index contributed by atoms with van der Waals surface area (Å²) < 4.78 is 28.8. The van der Waals surface area contributed by atoms with Gasteiger partial charge in [-0.25, -0.2) is 9.18 Å². The highest BCUT2D eigenvalue weighted by Crippen LogP contribution is 2.33. The van der Waals surface area contributed by atoms with E-state index >= 15 is 0 Å². The van der Waals surface area contributed by atoms with Gasteiger partial charge in [0.2, 0.25) is 5.88 Å². The van der Waals surface area contributed by atoms with Crippen molar-refractivity contribution in [2.45, 2.75) is 32.0 Å². The van der Waals surface area contributed by atoms with Crippen LogP contribution in [0.2, 0.25) is 0 Å². The zero-order chi connectivity index (χ0) is 20.0. The molecule has 3 aromatic rings. The lowest BCUT2D eigenvalue weighted by Crippen LogP contribution is -2.24. The van der Waals surface area contributed by atoms with E-state index in [1.807, 2.05) is 0 Å². The number of hydrogen-bond acceptors (Lipinski definition) is 6. The summed E-state index contributed by atoms with van der Waals surface area (Å²) in [7, 11) is 1.76. The largest absolute Gasteiger partial charge is 0.473 e. The van der Waals surface area contributed by atoms with Crippen molar-refractivity contribution >= 4 is 5.82 Å². The van der Waals surface area contributed by atoms with Crippen LogP contribution in [0.5, 0.6) is 17.4 Å². The fraction of sp³-hybridized carbons (Fsp3) is 0.350. The summed E-state index contributed by atoms with van der Waals surface area (Å²) in [4.78, 5) is 18.6. The molecular weight excluding hydrogens is 377 g/mol. The van der Waals surface area contributed by atoms with Gasteiger partial charge in [0.15, 0.2) is 17.3 Å². The van der Waals surface area contributed by atoms with Crippen LogP contribution in [0, 0.1) is 5.82 Å². The topological polar surface area (TPSA) is 74.4 Å². The van der Waals surface area contributed by atoms with Crippen molar-refractivity contribution in [3.05, 3.63) is 58.5 Å². The van der Waals surface area contributed by atoms with Crippen LogP contribution in [0.1, 0.15) is 18.4 Å². The molecule has 1 fully saturated rings. The average molecular weight is 397 g/mol. The van der Waals surface area contributed by atoms with Gasteiger partial charge in [0.25, 0.3) is 0 Å². The maximum atomic E-state index is 14.4. The molecule has 4 heterocycles. The van der Waals surface area contributed by atoms with E-state index in [1.54, 1.807) is 40.7 Å². The minimum absolute atomic E-state index is 0.101. The average Bonchev–Trinajstić information content (AvgIpc) is 3.39. The van der Waals surface area contributed by atoms with Crippen LogP contribution >= 0.6 is 0 Å². The van der Waals surface area contributed by atoms with E-state index in [2.05, 4.69) is 15.0 Å². The zero-order valence-corrected chi connectivity index (χ0v) is 15.9. The van der Waals surface area contributed by atoms with Gasteiger partial charge in [-0.15, -0.1) is 0 Å². The Hall–Kier alpha value is -3.36. The third-order valence-corrected chi connectivity index (χ3v) is 5.32. The maximum Gasteiger partial charge on any atom is 0.352 e. The predicted octanol–water partition coefficient (Wildman–Crippen LogP) is 2.47. The van der Waals surface area contributed by atoms with Crippen molar-refractivity contribution in [2.75, 3.05) is 11.4 Å². The number of aromatic nitrogens is 4. The van der Waals surface area contributed by atoms with Gasteiger partial charge in [0, 0.05) is 32.2 Å². The number of hydrogen-bond donors (Lipinski definition) is 0. The summed E-state index contributed by atoms with van der Waals surface area (Å²) in [5, 5.41) is 3.99. The van der Waals surface area contributed by atoms with E-state index in [0.717, 1.165) is 25.2 Å². The number of ether oxygens (including phenoxy) is 2. The lowest BCUT2D eigenvalue weighted by atomic mass is 10.2.